The number of hydrogen-bond acceptors (Lipinski definition) is 6. The fourth-order valence-electron chi connectivity index (χ4n) is 3.70. The van der Waals surface area contributed by atoms with Crippen LogP contribution in [0.15, 0.2) is 76.8 Å². The van der Waals surface area contributed by atoms with Crippen LogP contribution in [0.2, 0.25) is 0 Å². The second-order valence-corrected chi connectivity index (χ2v) is 9.14. The van der Waals surface area contributed by atoms with Crippen LogP contribution < -0.4 is 25.0 Å². The number of carbonyl (C=O) groups excluding carboxylic acids is 4. The van der Waals surface area contributed by atoms with Gasteiger partial charge in [0.25, 0.3) is 17.7 Å². The van der Waals surface area contributed by atoms with Crippen molar-refractivity contribution in [2.45, 2.75) is 13.8 Å². The first-order chi connectivity index (χ1) is 18.2. The molecule has 38 heavy (non-hydrogen) atoms. The standard InChI is InChI=1S/C28H24BrN3O6/c1-3-37-21-10-8-20(9-11-21)32-27(35)22(26(34)31-28(32)36)14-18-7-12-24(23(29)15-18)38-16-25(33)30-19-6-4-5-17(2)13-19/h4-15H,3,16H2,1-2H3,(H,30,33)(H,31,34,36)/b22-14+. The summed E-state index contributed by atoms with van der Waals surface area (Å²) in [4.78, 5) is 51.2. The zero-order valence-electron chi connectivity index (χ0n) is 20.6. The number of imide groups is 2. The minimum absolute atomic E-state index is 0.211. The molecule has 0 bridgehead atoms. The predicted molar refractivity (Wildman–Crippen MR) is 146 cm³/mol. The van der Waals surface area contributed by atoms with E-state index in [1.54, 1.807) is 48.5 Å². The van der Waals surface area contributed by atoms with Crippen molar-refractivity contribution in [2.75, 3.05) is 23.4 Å². The fourth-order valence-corrected chi connectivity index (χ4v) is 4.21. The Bertz CT molecular complexity index is 1430. The van der Waals surface area contributed by atoms with Crippen molar-refractivity contribution in [1.29, 1.82) is 0 Å². The number of ether oxygens (including phenoxy) is 2. The number of anilines is 2. The van der Waals surface area contributed by atoms with Gasteiger partial charge in [-0.3, -0.25) is 19.7 Å². The van der Waals surface area contributed by atoms with Crippen LogP contribution in [0, 0.1) is 6.92 Å². The number of aryl methyl sites for hydroxylation is 1. The SMILES string of the molecule is CCOc1ccc(N2C(=O)NC(=O)/C(=C\c3ccc(OCC(=O)Nc4cccc(C)c4)c(Br)c3)C2=O)cc1. The van der Waals surface area contributed by atoms with E-state index in [9.17, 15) is 19.2 Å². The van der Waals surface area contributed by atoms with Crippen LogP contribution in [0.25, 0.3) is 6.08 Å². The Morgan fingerprint density at radius 2 is 1.79 bits per heavy atom. The Labute approximate surface area is 227 Å². The number of hydrogen-bond donors (Lipinski definition) is 2. The van der Waals surface area contributed by atoms with Crippen molar-refractivity contribution in [3.05, 3.63) is 87.9 Å². The molecule has 0 saturated carbocycles. The van der Waals surface area contributed by atoms with E-state index in [4.69, 9.17) is 9.47 Å². The van der Waals surface area contributed by atoms with Gasteiger partial charge in [0, 0.05) is 5.69 Å². The Hall–Kier alpha value is -4.44. The first-order valence-electron chi connectivity index (χ1n) is 11.7. The zero-order chi connectivity index (χ0) is 27.2. The second-order valence-electron chi connectivity index (χ2n) is 8.28. The van der Waals surface area contributed by atoms with Crippen molar-refractivity contribution in [3.8, 4) is 11.5 Å². The quantitative estimate of drug-likeness (QED) is 0.292. The monoisotopic (exact) mass is 577 g/mol. The number of carbonyl (C=O) groups is 4. The summed E-state index contributed by atoms with van der Waals surface area (Å²) in [5.41, 5.74) is 2.29. The highest BCUT2D eigenvalue weighted by Crippen LogP contribution is 2.29. The molecule has 0 atom stereocenters. The van der Waals surface area contributed by atoms with Gasteiger partial charge in [-0.05, 0) is 95.5 Å². The molecule has 1 heterocycles. The largest absolute Gasteiger partial charge is 0.494 e. The molecule has 0 unspecified atom stereocenters. The molecule has 1 fully saturated rings. The second kappa shape index (κ2) is 11.7. The topological polar surface area (TPSA) is 114 Å². The minimum Gasteiger partial charge on any atom is -0.494 e. The highest BCUT2D eigenvalue weighted by Gasteiger charge is 2.36. The molecule has 1 aliphatic heterocycles. The van der Waals surface area contributed by atoms with Crippen LogP contribution in [-0.2, 0) is 14.4 Å². The molecule has 194 valence electrons. The number of benzene rings is 3. The van der Waals surface area contributed by atoms with Crippen LogP contribution >= 0.6 is 15.9 Å². The third-order valence-corrected chi connectivity index (χ3v) is 6.05. The van der Waals surface area contributed by atoms with Gasteiger partial charge in [-0.15, -0.1) is 0 Å². The maximum atomic E-state index is 13.1. The third-order valence-electron chi connectivity index (χ3n) is 5.44. The van der Waals surface area contributed by atoms with Crippen LogP contribution in [-0.4, -0.2) is 37.0 Å². The highest BCUT2D eigenvalue weighted by atomic mass is 79.9. The van der Waals surface area contributed by atoms with Gasteiger partial charge < -0.3 is 14.8 Å². The van der Waals surface area contributed by atoms with Gasteiger partial charge >= 0.3 is 6.03 Å². The van der Waals surface area contributed by atoms with Gasteiger partial charge in [0.05, 0.1) is 16.8 Å². The summed E-state index contributed by atoms with van der Waals surface area (Å²) in [6, 6.07) is 17.9. The number of nitrogens with zero attached hydrogens (tertiary/aromatic N) is 1. The molecule has 3 aromatic rings. The highest BCUT2D eigenvalue weighted by molar-refractivity contribution is 9.10. The molecule has 1 aliphatic rings. The lowest BCUT2D eigenvalue weighted by molar-refractivity contribution is -0.122. The summed E-state index contributed by atoms with van der Waals surface area (Å²) in [7, 11) is 0. The van der Waals surface area contributed by atoms with E-state index >= 15 is 0 Å². The molecule has 0 aromatic heterocycles. The van der Waals surface area contributed by atoms with Gasteiger partial charge in [-0.1, -0.05) is 18.2 Å². The molecule has 10 heteroatoms. The molecule has 4 rings (SSSR count). The van der Waals surface area contributed by atoms with Gasteiger partial charge in [-0.2, -0.15) is 0 Å². The van der Waals surface area contributed by atoms with Gasteiger partial charge in [0.1, 0.15) is 17.1 Å². The number of barbiturate groups is 1. The predicted octanol–water partition coefficient (Wildman–Crippen LogP) is 4.84. The molecule has 1 saturated heterocycles. The number of halogens is 1. The number of amides is 5. The normalized spacial score (nSPS) is 14.3. The van der Waals surface area contributed by atoms with E-state index in [0.29, 0.717) is 39.5 Å². The van der Waals surface area contributed by atoms with Crippen LogP contribution in [0.3, 0.4) is 0 Å². The summed E-state index contributed by atoms with van der Waals surface area (Å²) in [6.45, 7) is 4.04. The average molecular weight is 578 g/mol. The molecular weight excluding hydrogens is 554 g/mol. The molecule has 9 nitrogen and oxygen atoms in total. The maximum absolute atomic E-state index is 13.1. The first kappa shape index (κ1) is 26.6. The number of urea groups is 1. The molecule has 2 N–H and O–H groups in total. The third kappa shape index (κ3) is 6.27. The van der Waals surface area contributed by atoms with Crippen LogP contribution in [0.5, 0.6) is 11.5 Å². The molecule has 3 aromatic carbocycles. The molecule has 0 aliphatic carbocycles. The van der Waals surface area contributed by atoms with Crippen LogP contribution in [0.4, 0.5) is 16.2 Å². The summed E-state index contributed by atoms with van der Waals surface area (Å²) in [5, 5.41) is 4.97. The Kier molecular flexibility index (Phi) is 8.22. The summed E-state index contributed by atoms with van der Waals surface area (Å²) >= 11 is 3.40. The Morgan fingerprint density at radius 3 is 2.47 bits per heavy atom. The van der Waals surface area contributed by atoms with E-state index in [2.05, 4.69) is 26.6 Å². The lowest BCUT2D eigenvalue weighted by Gasteiger charge is -2.26. The van der Waals surface area contributed by atoms with Crippen molar-refractivity contribution < 1.29 is 28.7 Å². The number of rotatable bonds is 8. The Morgan fingerprint density at radius 1 is 1.03 bits per heavy atom. The molecule has 0 radical (unpaired) electrons. The van der Waals surface area contributed by atoms with E-state index in [1.807, 2.05) is 32.0 Å². The smallest absolute Gasteiger partial charge is 0.335 e. The van der Waals surface area contributed by atoms with Crippen molar-refractivity contribution in [1.82, 2.24) is 5.32 Å². The molecule has 5 amide bonds. The summed E-state index contributed by atoms with van der Waals surface area (Å²) < 4.78 is 11.5. The van der Waals surface area contributed by atoms with E-state index in [0.717, 1.165) is 10.5 Å². The maximum Gasteiger partial charge on any atom is 0.335 e. The Balaban J connectivity index is 1.46. The zero-order valence-corrected chi connectivity index (χ0v) is 22.2. The van der Waals surface area contributed by atoms with Crippen molar-refractivity contribution in [3.63, 3.8) is 0 Å². The van der Waals surface area contributed by atoms with Crippen molar-refractivity contribution in [2.24, 2.45) is 0 Å². The van der Waals surface area contributed by atoms with Crippen LogP contribution in [0.1, 0.15) is 18.1 Å². The summed E-state index contributed by atoms with van der Waals surface area (Å²) in [5.74, 6) is -0.888. The van der Waals surface area contributed by atoms with Gasteiger partial charge in [0.15, 0.2) is 6.61 Å². The van der Waals surface area contributed by atoms with Gasteiger partial charge in [-0.25, -0.2) is 9.69 Å². The van der Waals surface area contributed by atoms with E-state index in [1.165, 1.54) is 6.08 Å². The lowest BCUT2D eigenvalue weighted by atomic mass is 10.1. The lowest BCUT2D eigenvalue weighted by Crippen LogP contribution is -2.54. The van der Waals surface area contributed by atoms with Gasteiger partial charge in [0.2, 0.25) is 0 Å². The molecule has 0 spiro atoms. The minimum atomic E-state index is -0.838. The van der Waals surface area contributed by atoms with E-state index in [-0.39, 0.29) is 18.1 Å². The number of nitrogens with one attached hydrogen (secondary N) is 2. The first-order valence-corrected chi connectivity index (χ1v) is 12.5. The van der Waals surface area contributed by atoms with Crippen molar-refractivity contribution >= 4 is 57.1 Å². The average Bonchev–Trinajstić information content (AvgIpc) is 2.87. The van der Waals surface area contributed by atoms with E-state index < -0.39 is 17.8 Å². The molecular formula is C28H24BrN3O6. The fraction of sp³-hybridized carbons (Fsp3) is 0.143. The summed E-state index contributed by atoms with van der Waals surface area (Å²) in [6.07, 6.45) is 1.38.